The van der Waals surface area contributed by atoms with E-state index in [1.54, 1.807) is 0 Å². The van der Waals surface area contributed by atoms with Crippen LogP contribution in [0.15, 0.2) is 59.2 Å². The van der Waals surface area contributed by atoms with Gasteiger partial charge < -0.3 is 10.1 Å². The minimum atomic E-state index is -0.00588. The molecule has 3 aromatic rings. The minimum absolute atomic E-state index is 0.00588. The van der Waals surface area contributed by atoms with Gasteiger partial charge in [0.05, 0.1) is 6.61 Å². The number of aromatic nitrogens is 1. The summed E-state index contributed by atoms with van der Waals surface area (Å²) in [5, 5.41) is 10.9. The smallest absolute Gasteiger partial charge is 0.0541 e. The zero-order valence-electron chi connectivity index (χ0n) is 10.3. The van der Waals surface area contributed by atoms with Crippen molar-refractivity contribution in [2.24, 2.45) is 0 Å². The Morgan fingerprint density at radius 2 is 1.84 bits per heavy atom. The van der Waals surface area contributed by atoms with Gasteiger partial charge in [0, 0.05) is 27.5 Å². The maximum Gasteiger partial charge on any atom is 0.0541 e. The molecule has 3 heteroatoms. The first-order valence-electron chi connectivity index (χ1n) is 6.22. The van der Waals surface area contributed by atoms with Gasteiger partial charge in [-0.1, -0.05) is 52.3 Å². The molecule has 2 nitrogen and oxygen atoms in total. The molecule has 19 heavy (non-hydrogen) atoms. The van der Waals surface area contributed by atoms with Crippen LogP contribution >= 0.6 is 15.9 Å². The molecule has 1 aromatic heterocycles. The molecule has 3 rings (SSSR count). The van der Waals surface area contributed by atoms with Crippen molar-refractivity contribution in [3.63, 3.8) is 0 Å². The standard InChI is InChI=1S/C16H14BrNO/c17-14-7-4-8-15-16(14)12(9-18-15)13(10-19)11-5-2-1-3-6-11/h1-9,13,18-19H,10H2. The van der Waals surface area contributed by atoms with E-state index in [0.717, 1.165) is 26.5 Å². The maximum absolute atomic E-state index is 9.77. The second kappa shape index (κ2) is 5.19. The number of hydrogen-bond donors (Lipinski definition) is 2. The van der Waals surface area contributed by atoms with Crippen molar-refractivity contribution in [1.29, 1.82) is 0 Å². The molecule has 0 aliphatic carbocycles. The van der Waals surface area contributed by atoms with Gasteiger partial charge in [-0.2, -0.15) is 0 Å². The lowest BCUT2D eigenvalue weighted by Crippen LogP contribution is -2.05. The summed E-state index contributed by atoms with van der Waals surface area (Å²) in [5.41, 5.74) is 3.33. The van der Waals surface area contributed by atoms with Crippen LogP contribution in [-0.2, 0) is 0 Å². The molecule has 2 aromatic carbocycles. The molecule has 0 bridgehead atoms. The fourth-order valence-electron chi connectivity index (χ4n) is 2.51. The molecule has 0 spiro atoms. The number of aliphatic hydroxyl groups is 1. The Morgan fingerprint density at radius 1 is 1.05 bits per heavy atom. The Balaban J connectivity index is 2.17. The van der Waals surface area contributed by atoms with Crippen molar-refractivity contribution >= 4 is 26.8 Å². The monoisotopic (exact) mass is 315 g/mol. The van der Waals surface area contributed by atoms with E-state index >= 15 is 0 Å². The summed E-state index contributed by atoms with van der Waals surface area (Å²) in [5.74, 6) is -0.00588. The van der Waals surface area contributed by atoms with Crippen LogP contribution in [0.2, 0.25) is 0 Å². The first-order chi connectivity index (χ1) is 9.31. The van der Waals surface area contributed by atoms with E-state index in [9.17, 15) is 5.11 Å². The van der Waals surface area contributed by atoms with Crippen LogP contribution in [-0.4, -0.2) is 16.7 Å². The van der Waals surface area contributed by atoms with E-state index in [0.29, 0.717) is 0 Å². The Morgan fingerprint density at radius 3 is 2.58 bits per heavy atom. The molecule has 0 saturated heterocycles. The summed E-state index contributed by atoms with van der Waals surface area (Å²) >= 11 is 3.60. The lowest BCUT2D eigenvalue weighted by atomic mass is 9.92. The zero-order valence-corrected chi connectivity index (χ0v) is 11.9. The lowest BCUT2D eigenvalue weighted by molar-refractivity contribution is 0.281. The third kappa shape index (κ3) is 2.20. The van der Waals surface area contributed by atoms with Gasteiger partial charge in [-0.3, -0.25) is 0 Å². The van der Waals surface area contributed by atoms with Crippen LogP contribution in [0.1, 0.15) is 17.0 Å². The number of hydrogen-bond acceptors (Lipinski definition) is 1. The van der Waals surface area contributed by atoms with Crippen LogP contribution in [0.4, 0.5) is 0 Å². The number of aromatic amines is 1. The van der Waals surface area contributed by atoms with Crippen molar-refractivity contribution in [2.75, 3.05) is 6.61 Å². The minimum Gasteiger partial charge on any atom is -0.395 e. The molecular formula is C16H14BrNO. The number of nitrogens with one attached hydrogen (secondary N) is 1. The normalized spacial score (nSPS) is 12.7. The second-order valence-electron chi connectivity index (χ2n) is 4.55. The van der Waals surface area contributed by atoms with Crippen molar-refractivity contribution in [3.05, 3.63) is 70.3 Å². The van der Waals surface area contributed by atoms with Crippen molar-refractivity contribution < 1.29 is 5.11 Å². The Bertz CT molecular complexity index is 690. The highest BCUT2D eigenvalue weighted by molar-refractivity contribution is 9.10. The zero-order chi connectivity index (χ0) is 13.2. The van der Waals surface area contributed by atoms with Gasteiger partial charge in [-0.15, -0.1) is 0 Å². The van der Waals surface area contributed by atoms with E-state index < -0.39 is 0 Å². The van der Waals surface area contributed by atoms with Crippen molar-refractivity contribution in [3.8, 4) is 0 Å². The lowest BCUT2D eigenvalue weighted by Gasteiger charge is -2.14. The molecule has 0 saturated carbocycles. The molecular weight excluding hydrogens is 302 g/mol. The third-order valence-corrected chi connectivity index (χ3v) is 4.11. The second-order valence-corrected chi connectivity index (χ2v) is 5.41. The summed E-state index contributed by atoms with van der Waals surface area (Å²) in [7, 11) is 0. The predicted molar refractivity (Wildman–Crippen MR) is 81.4 cm³/mol. The Kier molecular flexibility index (Phi) is 3.40. The molecule has 1 atom stereocenters. The average molecular weight is 316 g/mol. The molecule has 1 heterocycles. The number of rotatable bonds is 3. The van der Waals surface area contributed by atoms with Crippen LogP contribution in [0, 0.1) is 0 Å². The van der Waals surface area contributed by atoms with Gasteiger partial charge in [0.25, 0.3) is 0 Å². The maximum atomic E-state index is 9.77. The van der Waals surface area contributed by atoms with Gasteiger partial charge in [-0.05, 0) is 23.3 Å². The number of H-pyrrole nitrogens is 1. The van der Waals surface area contributed by atoms with Crippen LogP contribution < -0.4 is 0 Å². The molecule has 0 fully saturated rings. The van der Waals surface area contributed by atoms with Gasteiger partial charge in [0.2, 0.25) is 0 Å². The largest absolute Gasteiger partial charge is 0.395 e. The average Bonchev–Trinajstić information content (AvgIpc) is 2.86. The molecule has 0 aliphatic heterocycles. The highest BCUT2D eigenvalue weighted by Gasteiger charge is 2.18. The summed E-state index contributed by atoms with van der Waals surface area (Å²) in [4.78, 5) is 3.27. The number of fused-ring (bicyclic) bond motifs is 1. The van der Waals surface area contributed by atoms with Gasteiger partial charge >= 0.3 is 0 Å². The first kappa shape index (κ1) is 12.5. The van der Waals surface area contributed by atoms with Gasteiger partial charge in [0.15, 0.2) is 0 Å². The topological polar surface area (TPSA) is 36.0 Å². The highest BCUT2D eigenvalue weighted by Crippen LogP contribution is 2.34. The fraction of sp³-hybridized carbons (Fsp3) is 0.125. The third-order valence-electron chi connectivity index (χ3n) is 3.45. The van der Waals surface area contributed by atoms with E-state index in [2.05, 4.69) is 33.0 Å². The molecule has 1 unspecified atom stereocenters. The molecule has 0 amide bonds. The summed E-state index contributed by atoms with van der Waals surface area (Å²) < 4.78 is 1.05. The Hall–Kier alpha value is -1.58. The van der Waals surface area contributed by atoms with Gasteiger partial charge in [-0.25, -0.2) is 0 Å². The number of halogens is 1. The first-order valence-corrected chi connectivity index (χ1v) is 7.02. The van der Waals surface area contributed by atoms with E-state index in [4.69, 9.17) is 0 Å². The quantitative estimate of drug-likeness (QED) is 0.751. The SMILES string of the molecule is OCC(c1ccccc1)c1c[nH]c2cccc(Br)c12. The summed E-state index contributed by atoms with van der Waals surface area (Å²) in [6.07, 6.45) is 1.99. The van der Waals surface area contributed by atoms with Crippen LogP contribution in [0.25, 0.3) is 10.9 Å². The predicted octanol–water partition coefficient (Wildman–Crippen LogP) is 4.05. The molecule has 0 aliphatic rings. The fourth-order valence-corrected chi connectivity index (χ4v) is 3.10. The molecule has 96 valence electrons. The van der Waals surface area contributed by atoms with E-state index in [1.807, 2.05) is 42.6 Å². The van der Waals surface area contributed by atoms with Crippen LogP contribution in [0.3, 0.4) is 0 Å². The van der Waals surface area contributed by atoms with Crippen molar-refractivity contribution in [1.82, 2.24) is 4.98 Å². The summed E-state index contributed by atoms with van der Waals surface area (Å²) in [6.45, 7) is 0.0955. The number of aliphatic hydroxyl groups excluding tert-OH is 1. The van der Waals surface area contributed by atoms with Crippen LogP contribution in [0.5, 0.6) is 0 Å². The van der Waals surface area contributed by atoms with E-state index in [-0.39, 0.29) is 12.5 Å². The summed E-state index contributed by atoms with van der Waals surface area (Å²) in [6, 6.07) is 16.2. The highest BCUT2D eigenvalue weighted by atomic mass is 79.9. The van der Waals surface area contributed by atoms with Crippen molar-refractivity contribution in [2.45, 2.75) is 5.92 Å². The molecule has 0 radical (unpaired) electrons. The Labute approximate surface area is 120 Å². The van der Waals surface area contributed by atoms with Gasteiger partial charge in [0.1, 0.15) is 0 Å². The number of benzene rings is 2. The molecule has 2 N–H and O–H groups in total. The van der Waals surface area contributed by atoms with E-state index in [1.165, 1.54) is 0 Å².